The molecule has 19 heavy (non-hydrogen) atoms. The van der Waals surface area contributed by atoms with Crippen LogP contribution in [0.2, 0.25) is 0 Å². The van der Waals surface area contributed by atoms with Gasteiger partial charge < -0.3 is 15.4 Å². The molecule has 4 heteroatoms. The lowest BCUT2D eigenvalue weighted by Crippen LogP contribution is -2.40. The Hall–Kier alpha value is -1.55. The Kier molecular flexibility index (Phi) is 5.21. The first kappa shape index (κ1) is 13.9. The highest BCUT2D eigenvalue weighted by atomic mass is 16.5. The van der Waals surface area contributed by atoms with E-state index in [1.165, 1.54) is 0 Å². The lowest BCUT2D eigenvalue weighted by molar-refractivity contribution is -0.132. The molecule has 0 aliphatic carbocycles. The van der Waals surface area contributed by atoms with Crippen molar-refractivity contribution in [1.29, 1.82) is 0 Å². The van der Waals surface area contributed by atoms with Crippen LogP contribution in [0.4, 0.5) is 0 Å². The van der Waals surface area contributed by atoms with Gasteiger partial charge in [0.1, 0.15) is 5.75 Å². The van der Waals surface area contributed by atoms with Gasteiger partial charge in [0.05, 0.1) is 6.61 Å². The molecular formula is C15H22N2O2. The summed E-state index contributed by atoms with van der Waals surface area (Å²) in [7, 11) is 0. The summed E-state index contributed by atoms with van der Waals surface area (Å²) in [4.78, 5) is 13.6. The van der Waals surface area contributed by atoms with E-state index >= 15 is 0 Å². The van der Waals surface area contributed by atoms with Crippen molar-refractivity contribution in [2.24, 2.45) is 11.7 Å². The van der Waals surface area contributed by atoms with Gasteiger partial charge in [0.15, 0.2) is 0 Å². The first-order chi connectivity index (χ1) is 9.29. The number of carbonyl (C=O) groups excluding carboxylic acids is 1. The monoisotopic (exact) mass is 262 g/mol. The molecule has 1 fully saturated rings. The summed E-state index contributed by atoms with van der Waals surface area (Å²) in [6.07, 6.45) is 2.50. The Bertz CT molecular complexity index is 386. The van der Waals surface area contributed by atoms with Gasteiger partial charge in [-0.2, -0.15) is 0 Å². The van der Waals surface area contributed by atoms with E-state index in [4.69, 9.17) is 10.5 Å². The van der Waals surface area contributed by atoms with Crippen LogP contribution in [0.3, 0.4) is 0 Å². The van der Waals surface area contributed by atoms with Crippen molar-refractivity contribution in [3.8, 4) is 5.75 Å². The van der Waals surface area contributed by atoms with Gasteiger partial charge in [-0.25, -0.2) is 0 Å². The SMILES string of the molecule is NCCC(=O)N1CCC(COc2ccccc2)CC1. The molecule has 1 aliphatic rings. The van der Waals surface area contributed by atoms with Gasteiger partial charge in [-0.3, -0.25) is 4.79 Å². The maximum absolute atomic E-state index is 11.7. The third-order valence-corrected chi connectivity index (χ3v) is 3.55. The van der Waals surface area contributed by atoms with Crippen LogP contribution >= 0.6 is 0 Å². The summed E-state index contributed by atoms with van der Waals surface area (Å²) in [5.41, 5.74) is 5.41. The number of para-hydroxylation sites is 1. The molecule has 1 amide bonds. The number of rotatable bonds is 5. The van der Waals surface area contributed by atoms with Gasteiger partial charge in [0.25, 0.3) is 0 Å². The predicted octanol–water partition coefficient (Wildman–Crippen LogP) is 1.65. The molecule has 1 saturated heterocycles. The third-order valence-electron chi connectivity index (χ3n) is 3.55. The second-order valence-electron chi connectivity index (χ2n) is 4.99. The van der Waals surface area contributed by atoms with Crippen molar-refractivity contribution < 1.29 is 9.53 Å². The molecule has 0 spiro atoms. The van der Waals surface area contributed by atoms with Crippen molar-refractivity contribution in [2.75, 3.05) is 26.2 Å². The number of ether oxygens (including phenoxy) is 1. The van der Waals surface area contributed by atoms with Crippen molar-refractivity contribution >= 4 is 5.91 Å². The highest BCUT2D eigenvalue weighted by Crippen LogP contribution is 2.19. The third kappa shape index (κ3) is 4.24. The van der Waals surface area contributed by atoms with Crippen LogP contribution < -0.4 is 10.5 Å². The Morgan fingerprint density at radius 3 is 2.58 bits per heavy atom. The zero-order valence-electron chi connectivity index (χ0n) is 11.3. The number of piperidine rings is 1. The lowest BCUT2D eigenvalue weighted by atomic mass is 9.97. The summed E-state index contributed by atoms with van der Waals surface area (Å²) in [6, 6.07) is 9.88. The van der Waals surface area contributed by atoms with Crippen LogP contribution in [-0.2, 0) is 4.79 Å². The zero-order chi connectivity index (χ0) is 13.5. The largest absolute Gasteiger partial charge is 0.493 e. The number of benzene rings is 1. The summed E-state index contributed by atoms with van der Waals surface area (Å²) in [6.45, 7) is 2.85. The smallest absolute Gasteiger partial charge is 0.223 e. The highest BCUT2D eigenvalue weighted by molar-refractivity contribution is 5.76. The summed E-state index contributed by atoms with van der Waals surface area (Å²) < 4.78 is 5.77. The van der Waals surface area contributed by atoms with E-state index in [0.29, 0.717) is 18.9 Å². The molecule has 4 nitrogen and oxygen atoms in total. The first-order valence-corrected chi connectivity index (χ1v) is 6.95. The van der Waals surface area contributed by atoms with Crippen LogP contribution in [0.5, 0.6) is 5.75 Å². The number of hydrogen-bond acceptors (Lipinski definition) is 3. The summed E-state index contributed by atoms with van der Waals surface area (Å²) in [5, 5.41) is 0. The molecule has 1 heterocycles. The Labute approximate surface area is 114 Å². The van der Waals surface area contributed by atoms with Gasteiger partial charge in [0.2, 0.25) is 5.91 Å². The molecule has 104 valence electrons. The van der Waals surface area contributed by atoms with Crippen molar-refractivity contribution in [2.45, 2.75) is 19.3 Å². The fraction of sp³-hybridized carbons (Fsp3) is 0.533. The van der Waals surface area contributed by atoms with Gasteiger partial charge in [-0.15, -0.1) is 0 Å². The molecule has 0 radical (unpaired) electrons. The molecule has 1 aromatic carbocycles. The van der Waals surface area contributed by atoms with Gasteiger partial charge >= 0.3 is 0 Å². The van der Waals surface area contributed by atoms with E-state index in [0.717, 1.165) is 38.3 Å². The number of amides is 1. The molecule has 0 saturated carbocycles. The molecule has 0 atom stereocenters. The van der Waals surface area contributed by atoms with Crippen molar-refractivity contribution in [1.82, 2.24) is 4.90 Å². The van der Waals surface area contributed by atoms with E-state index < -0.39 is 0 Å². The molecule has 1 aliphatic heterocycles. The number of nitrogens with zero attached hydrogens (tertiary/aromatic N) is 1. The van der Waals surface area contributed by atoms with Crippen LogP contribution in [0.25, 0.3) is 0 Å². The molecular weight excluding hydrogens is 240 g/mol. The van der Waals surface area contributed by atoms with Crippen molar-refractivity contribution in [3.05, 3.63) is 30.3 Å². The van der Waals surface area contributed by atoms with E-state index in [2.05, 4.69) is 0 Å². The number of likely N-dealkylation sites (tertiary alicyclic amines) is 1. The Balaban J connectivity index is 1.70. The van der Waals surface area contributed by atoms with Gasteiger partial charge in [0, 0.05) is 26.1 Å². The number of nitrogens with two attached hydrogens (primary N) is 1. The van der Waals surface area contributed by atoms with Gasteiger partial charge in [-0.1, -0.05) is 18.2 Å². The van der Waals surface area contributed by atoms with Gasteiger partial charge in [-0.05, 0) is 30.9 Å². The standard InChI is InChI=1S/C15H22N2O2/c16-9-6-15(18)17-10-7-13(8-11-17)12-19-14-4-2-1-3-5-14/h1-5,13H,6-12,16H2. The summed E-state index contributed by atoms with van der Waals surface area (Å²) >= 11 is 0. The molecule has 2 rings (SSSR count). The average Bonchev–Trinajstić information content (AvgIpc) is 2.47. The normalized spacial score (nSPS) is 16.4. The molecule has 0 aromatic heterocycles. The number of hydrogen-bond donors (Lipinski definition) is 1. The molecule has 1 aromatic rings. The minimum absolute atomic E-state index is 0.185. The van der Waals surface area contributed by atoms with E-state index in [-0.39, 0.29) is 5.91 Å². The summed E-state index contributed by atoms with van der Waals surface area (Å²) in [5.74, 6) is 1.65. The minimum atomic E-state index is 0.185. The Morgan fingerprint density at radius 1 is 1.26 bits per heavy atom. The maximum Gasteiger partial charge on any atom is 0.223 e. The second-order valence-corrected chi connectivity index (χ2v) is 4.99. The van der Waals surface area contributed by atoms with Crippen LogP contribution in [-0.4, -0.2) is 37.0 Å². The predicted molar refractivity (Wildman–Crippen MR) is 74.9 cm³/mol. The highest BCUT2D eigenvalue weighted by Gasteiger charge is 2.22. The van der Waals surface area contributed by atoms with Crippen LogP contribution in [0.1, 0.15) is 19.3 Å². The second kappa shape index (κ2) is 7.14. The van der Waals surface area contributed by atoms with E-state index in [9.17, 15) is 4.79 Å². The van der Waals surface area contributed by atoms with Crippen molar-refractivity contribution in [3.63, 3.8) is 0 Å². The molecule has 2 N–H and O–H groups in total. The lowest BCUT2D eigenvalue weighted by Gasteiger charge is -2.31. The number of carbonyl (C=O) groups is 1. The fourth-order valence-corrected chi connectivity index (χ4v) is 2.36. The molecule has 0 unspecified atom stereocenters. The van der Waals surface area contributed by atoms with E-state index in [1.807, 2.05) is 35.2 Å². The quantitative estimate of drug-likeness (QED) is 0.878. The zero-order valence-corrected chi connectivity index (χ0v) is 11.3. The molecule has 0 bridgehead atoms. The fourth-order valence-electron chi connectivity index (χ4n) is 2.36. The average molecular weight is 262 g/mol. The van der Waals surface area contributed by atoms with E-state index in [1.54, 1.807) is 0 Å². The minimum Gasteiger partial charge on any atom is -0.493 e. The van der Waals surface area contributed by atoms with Crippen LogP contribution in [0, 0.1) is 5.92 Å². The van der Waals surface area contributed by atoms with Crippen LogP contribution in [0.15, 0.2) is 30.3 Å². The topological polar surface area (TPSA) is 55.6 Å². The maximum atomic E-state index is 11.7. The Morgan fingerprint density at radius 2 is 1.95 bits per heavy atom. The first-order valence-electron chi connectivity index (χ1n) is 6.95.